The molecule has 0 aliphatic carbocycles. The van der Waals surface area contributed by atoms with Gasteiger partial charge in [-0.3, -0.25) is 4.68 Å². The minimum Gasteiger partial charge on any atom is -0.306 e. The van der Waals surface area contributed by atoms with E-state index in [1.807, 2.05) is 10.9 Å². The fourth-order valence-corrected chi connectivity index (χ4v) is 3.90. The Bertz CT molecular complexity index is 681. The second-order valence-corrected chi connectivity index (χ2v) is 7.54. The fourth-order valence-electron chi connectivity index (χ4n) is 3.47. The molecule has 0 amide bonds. The van der Waals surface area contributed by atoms with Crippen molar-refractivity contribution in [3.05, 3.63) is 51.3 Å². The average Bonchev–Trinajstić information content (AvgIpc) is 2.87. The highest BCUT2D eigenvalue weighted by atomic mass is 35.5. The molecule has 1 aliphatic rings. The molecular formula is C19H25Cl2N3. The molecule has 0 radical (unpaired) electrons. The number of rotatable bonds is 6. The van der Waals surface area contributed by atoms with Gasteiger partial charge in [0.05, 0.1) is 11.2 Å². The third kappa shape index (κ3) is 4.53. The molecule has 0 spiro atoms. The third-order valence-corrected chi connectivity index (χ3v) is 5.44. The van der Waals surface area contributed by atoms with Crippen LogP contribution in [0, 0.1) is 0 Å². The van der Waals surface area contributed by atoms with Crippen LogP contribution < -0.4 is 0 Å². The van der Waals surface area contributed by atoms with Crippen molar-refractivity contribution >= 4 is 23.2 Å². The smallest absolute Gasteiger partial charge is 0.0785 e. The summed E-state index contributed by atoms with van der Waals surface area (Å²) in [5, 5.41) is 5.88. The topological polar surface area (TPSA) is 21.1 Å². The Morgan fingerprint density at radius 1 is 1.04 bits per heavy atom. The Kier molecular flexibility index (Phi) is 6.20. The number of aromatic nitrogens is 2. The van der Waals surface area contributed by atoms with Gasteiger partial charge in [0.25, 0.3) is 0 Å². The number of halogens is 2. The quantitative estimate of drug-likeness (QED) is 0.695. The molecule has 5 heteroatoms. The maximum absolute atomic E-state index is 6.45. The van der Waals surface area contributed by atoms with Crippen LogP contribution in [0.15, 0.2) is 24.5 Å². The highest BCUT2D eigenvalue weighted by Gasteiger charge is 2.16. The SMILES string of the molecule is CN1CCc2c(Cl)ccc(CCCCCn3cc(Cl)cn3)c2CC1. The standard InChI is InChI=1S/C19H25Cl2N3/c1-23-11-8-17-15(6-7-19(21)18(17)9-12-23)5-3-2-4-10-24-14-16(20)13-22-24/h6-7,13-14H,2-5,8-12H2,1H3. The van der Waals surface area contributed by atoms with E-state index < -0.39 is 0 Å². The van der Waals surface area contributed by atoms with Crippen LogP contribution >= 0.6 is 23.2 Å². The molecule has 2 heterocycles. The predicted molar refractivity (Wildman–Crippen MR) is 101 cm³/mol. The van der Waals surface area contributed by atoms with Crippen LogP contribution in [0.3, 0.4) is 0 Å². The van der Waals surface area contributed by atoms with Crippen LogP contribution in [-0.4, -0.2) is 34.8 Å². The number of hydrogen-bond donors (Lipinski definition) is 0. The van der Waals surface area contributed by atoms with Gasteiger partial charge in [0, 0.05) is 30.9 Å². The maximum Gasteiger partial charge on any atom is 0.0785 e. The molecule has 0 N–H and O–H groups in total. The molecule has 130 valence electrons. The zero-order chi connectivity index (χ0) is 16.9. The lowest BCUT2D eigenvalue weighted by atomic mass is 9.94. The second-order valence-electron chi connectivity index (χ2n) is 6.70. The van der Waals surface area contributed by atoms with Crippen molar-refractivity contribution < 1.29 is 0 Å². The molecule has 1 aromatic heterocycles. The lowest BCUT2D eigenvalue weighted by Gasteiger charge is -2.14. The number of aryl methyl sites for hydroxylation is 2. The fraction of sp³-hybridized carbons (Fsp3) is 0.526. The van der Waals surface area contributed by atoms with Crippen molar-refractivity contribution in [2.45, 2.75) is 45.1 Å². The lowest BCUT2D eigenvalue weighted by molar-refractivity contribution is 0.352. The first-order valence-electron chi connectivity index (χ1n) is 8.79. The first-order valence-corrected chi connectivity index (χ1v) is 9.54. The summed E-state index contributed by atoms with van der Waals surface area (Å²) < 4.78 is 1.92. The van der Waals surface area contributed by atoms with Gasteiger partial charge in [0.15, 0.2) is 0 Å². The highest BCUT2D eigenvalue weighted by molar-refractivity contribution is 6.31. The highest BCUT2D eigenvalue weighted by Crippen LogP contribution is 2.28. The molecule has 0 atom stereocenters. The van der Waals surface area contributed by atoms with E-state index in [0.717, 1.165) is 50.3 Å². The molecule has 0 saturated carbocycles. The zero-order valence-corrected chi connectivity index (χ0v) is 15.8. The van der Waals surface area contributed by atoms with Crippen molar-refractivity contribution in [2.75, 3.05) is 20.1 Å². The average molecular weight is 366 g/mol. The van der Waals surface area contributed by atoms with Gasteiger partial charge in [-0.25, -0.2) is 0 Å². The monoisotopic (exact) mass is 365 g/mol. The number of fused-ring (bicyclic) bond motifs is 1. The van der Waals surface area contributed by atoms with Gasteiger partial charge in [-0.2, -0.15) is 5.10 Å². The van der Waals surface area contributed by atoms with E-state index in [1.54, 1.807) is 6.20 Å². The van der Waals surface area contributed by atoms with Crippen LogP contribution in [0.25, 0.3) is 0 Å². The van der Waals surface area contributed by atoms with E-state index in [9.17, 15) is 0 Å². The summed E-state index contributed by atoms with van der Waals surface area (Å²) in [6, 6.07) is 4.33. The Balaban J connectivity index is 1.54. The van der Waals surface area contributed by atoms with E-state index in [1.165, 1.54) is 29.5 Å². The summed E-state index contributed by atoms with van der Waals surface area (Å²) in [4.78, 5) is 2.40. The van der Waals surface area contributed by atoms with Crippen molar-refractivity contribution in [1.82, 2.24) is 14.7 Å². The molecule has 0 unspecified atom stereocenters. The van der Waals surface area contributed by atoms with Crippen molar-refractivity contribution in [3.63, 3.8) is 0 Å². The minimum absolute atomic E-state index is 0.712. The van der Waals surface area contributed by atoms with Gasteiger partial charge < -0.3 is 4.90 Å². The summed E-state index contributed by atoms with van der Waals surface area (Å²) in [6.45, 7) is 3.17. The van der Waals surface area contributed by atoms with Gasteiger partial charge in [-0.05, 0) is 61.9 Å². The predicted octanol–water partition coefficient (Wildman–Crippen LogP) is 4.63. The molecule has 3 rings (SSSR count). The van der Waals surface area contributed by atoms with Crippen molar-refractivity contribution in [3.8, 4) is 0 Å². The van der Waals surface area contributed by atoms with Crippen LogP contribution in [0.1, 0.15) is 36.0 Å². The van der Waals surface area contributed by atoms with Gasteiger partial charge in [0.1, 0.15) is 0 Å². The molecular weight excluding hydrogens is 341 g/mol. The molecule has 1 aromatic carbocycles. The van der Waals surface area contributed by atoms with E-state index in [0.29, 0.717) is 5.02 Å². The van der Waals surface area contributed by atoms with Gasteiger partial charge in [0.2, 0.25) is 0 Å². The number of likely N-dealkylation sites (N-methyl/N-ethyl adjacent to an activating group) is 1. The minimum atomic E-state index is 0.712. The number of hydrogen-bond acceptors (Lipinski definition) is 2. The molecule has 3 nitrogen and oxygen atoms in total. The Labute approximate surface area is 154 Å². The van der Waals surface area contributed by atoms with Crippen molar-refractivity contribution in [1.29, 1.82) is 0 Å². The van der Waals surface area contributed by atoms with Crippen LogP contribution in [0.5, 0.6) is 0 Å². The van der Waals surface area contributed by atoms with Gasteiger partial charge >= 0.3 is 0 Å². The summed E-state index contributed by atoms with van der Waals surface area (Å²) >= 11 is 12.3. The lowest BCUT2D eigenvalue weighted by Crippen LogP contribution is -2.20. The molecule has 24 heavy (non-hydrogen) atoms. The third-order valence-electron chi connectivity index (χ3n) is 4.89. The van der Waals surface area contributed by atoms with Crippen LogP contribution in [0.2, 0.25) is 10.0 Å². The molecule has 1 aliphatic heterocycles. The summed E-state index contributed by atoms with van der Waals surface area (Å²) in [5.74, 6) is 0. The van der Waals surface area contributed by atoms with Crippen LogP contribution in [-0.2, 0) is 25.8 Å². The largest absolute Gasteiger partial charge is 0.306 e. The Hall–Kier alpha value is -1.03. The van der Waals surface area contributed by atoms with Gasteiger partial charge in [-0.1, -0.05) is 35.7 Å². The summed E-state index contributed by atoms with van der Waals surface area (Å²) in [6.07, 6.45) is 10.5. The zero-order valence-electron chi connectivity index (χ0n) is 14.3. The number of benzene rings is 1. The second kappa shape index (κ2) is 8.37. The Morgan fingerprint density at radius 2 is 1.83 bits per heavy atom. The summed E-state index contributed by atoms with van der Waals surface area (Å²) in [5.41, 5.74) is 4.38. The van der Waals surface area contributed by atoms with Crippen molar-refractivity contribution in [2.24, 2.45) is 0 Å². The van der Waals surface area contributed by atoms with Crippen LogP contribution in [0.4, 0.5) is 0 Å². The van der Waals surface area contributed by atoms with E-state index in [-0.39, 0.29) is 0 Å². The van der Waals surface area contributed by atoms with E-state index in [4.69, 9.17) is 23.2 Å². The number of nitrogens with zero attached hydrogens (tertiary/aromatic N) is 3. The van der Waals surface area contributed by atoms with E-state index >= 15 is 0 Å². The first-order chi connectivity index (χ1) is 11.6. The first kappa shape index (κ1) is 17.8. The van der Waals surface area contributed by atoms with Gasteiger partial charge in [-0.15, -0.1) is 0 Å². The molecule has 0 bridgehead atoms. The Morgan fingerprint density at radius 3 is 2.58 bits per heavy atom. The van der Waals surface area contributed by atoms with E-state index in [2.05, 4.69) is 29.2 Å². The molecule has 0 fully saturated rings. The summed E-state index contributed by atoms with van der Waals surface area (Å²) in [7, 11) is 2.20. The normalized spacial score (nSPS) is 15.3. The maximum atomic E-state index is 6.45. The molecule has 2 aromatic rings. The number of unbranched alkanes of at least 4 members (excludes halogenated alkanes) is 2. The molecule has 0 saturated heterocycles.